The van der Waals surface area contributed by atoms with Gasteiger partial charge in [0.1, 0.15) is 5.82 Å². The van der Waals surface area contributed by atoms with E-state index < -0.39 is 9.84 Å². The van der Waals surface area contributed by atoms with Crippen molar-refractivity contribution < 1.29 is 8.42 Å². The van der Waals surface area contributed by atoms with E-state index in [9.17, 15) is 8.42 Å². The minimum Gasteiger partial charge on any atom is -0.382 e. The van der Waals surface area contributed by atoms with Crippen LogP contribution in [0, 0.1) is 6.92 Å². The first-order valence-electron chi connectivity index (χ1n) is 6.34. The predicted octanol–water partition coefficient (Wildman–Crippen LogP) is 2.25. The van der Waals surface area contributed by atoms with Crippen molar-refractivity contribution in [2.45, 2.75) is 18.7 Å². The second kappa shape index (κ2) is 5.57. The lowest BCUT2D eigenvalue weighted by atomic mass is 10.2. The Morgan fingerprint density at radius 1 is 1.43 bits per heavy atom. The van der Waals surface area contributed by atoms with Crippen molar-refractivity contribution >= 4 is 33.1 Å². The number of anilines is 2. The molecule has 0 aliphatic rings. The molecule has 0 aliphatic carbocycles. The Balaban J connectivity index is 2.68. The van der Waals surface area contributed by atoms with E-state index in [2.05, 4.69) is 10.4 Å². The largest absolute Gasteiger partial charge is 0.382 e. The third-order valence-electron chi connectivity index (χ3n) is 2.99. The second-order valence-electron chi connectivity index (χ2n) is 4.71. The number of benzene rings is 1. The Morgan fingerprint density at radius 3 is 2.62 bits per heavy atom. The number of nitrogen functional groups attached to an aromatic ring is 1. The highest BCUT2D eigenvalue weighted by molar-refractivity contribution is 7.91. The number of aryl methyl sites for hydroxylation is 1. The van der Waals surface area contributed by atoms with Crippen molar-refractivity contribution in [1.29, 1.82) is 0 Å². The minimum absolute atomic E-state index is 0.000970. The average Bonchev–Trinajstić information content (AvgIpc) is 2.70. The van der Waals surface area contributed by atoms with Gasteiger partial charge < -0.3 is 11.1 Å². The number of aromatic nitrogens is 2. The molecule has 0 saturated carbocycles. The monoisotopic (exact) mass is 328 g/mol. The maximum Gasteiger partial charge on any atom is 0.182 e. The van der Waals surface area contributed by atoms with Crippen molar-refractivity contribution in [1.82, 2.24) is 9.78 Å². The van der Waals surface area contributed by atoms with Crippen molar-refractivity contribution in [2.24, 2.45) is 0 Å². The lowest BCUT2D eigenvalue weighted by Crippen LogP contribution is -2.06. The summed E-state index contributed by atoms with van der Waals surface area (Å²) in [7, 11) is -3.50. The first kappa shape index (κ1) is 15.7. The topological polar surface area (TPSA) is 90.0 Å². The first-order valence-corrected chi connectivity index (χ1v) is 8.61. The summed E-state index contributed by atoms with van der Waals surface area (Å²) in [5.74, 6) is 0.308. The number of rotatable bonds is 4. The Kier molecular flexibility index (Phi) is 4.15. The summed E-state index contributed by atoms with van der Waals surface area (Å²) >= 11 is 6.10. The van der Waals surface area contributed by atoms with E-state index in [4.69, 9.17) is 17.3 Å². The van der Waals surface area contributed by atoms with Crippen LogP contribution in [-0.2, 0) is 9.84 Å². The molecule has 0 aliphatic heterocycles. The molecule has 0 amide bonds. The zero-order valence-electron chi connectivity index (χ0n) is 12.0. The Bertz CT molecular complexity index is 784. The maximum atomic E-state index is 11.9. The van der Waals surface area contributed by atoms with Gasteiger partial charge in [0.15, 0.2) is 20.6 Å². The molecule has 0 atom stereocenters. The Morgan fingerprint density at radius 2 is 2.10 bits per heavy atom. The first-order chi connectivity index (χ1) is 9.75. The molecule has 0 bridgehead atoms. The molecule has 0 fully saturated rings. The van der Waals surface area contributed by atoms with Crippen LogP contribution in [0.1, 0.15) is 12.5 Å². The van der Waals surface area contributed by atoms with Gasteiger partial charge in [0.2, 0.25) is 0 Å². The highest BCUT2D eigenvalue weighted by atomic mass is 35.5. The summed E-state index contributed by atoms with van der Waals surface area (Å²) in [5.41, 5.74) is 7.51. The maximum absolute atomic E-state index is 11.9. The van der Waals surface area contributed by atoms with E-state index in [1.807, 2.05) is 19.9 Å². The molecule has 2 rings (SSSR count). The average molecular weight is 329 g/mol. The molecule has 8 heteroatoms. The quantitative estimate of drug-likeness (QED) is 0.898. The summed E-state index contributed by atoms with van der Waals surface area (Å²) in [6.45, 7) is 4.27. The molecule has 3 N–H and O–H groups in total. The van der Waals surface area contributed by atoms with Gasteiger partial charge in [-0.1, -0.05) is 17.7 Å². The second-order valence-corrected chi connectivity index (χ2v) is 7.07. The van der Waals surface area contributed by atoms with E-state index in [1.54, 1.807) is 12.1 Å². The summed E-state index contributed by atoms with van der Waals surface area (Å²) in [6, 6.07) is 5.31. The normalized spacial score (nSPS) is 11.6. The minimum atomic E-state index is -3.50. The molecule has 1 aromatic carbocycles. The number of nitrogens with one attached hydrogen (secondary N) is 1. The molecule has 1 aromatic heterocycles. The summed E-state index contributed by atoms with van der Waals surface area (Å²) in [6.07, 6.45) is 1.10. The lowest BCUT2D eigenvalue weighted by molar-refractivity contribution is 0.602. The molecule has 2 aromatic rings. The fourth-order valence-corrected chi connectivity index (χ4v) is 3.08. The number of halogens is 1. The number of sulfone groups is 1. The molecular weight excluding hydrogens is 312 g/mol. The number of hydrogen-bond donors (Lipinski definition) is 2. The zero-order chi connectivity index (χ0) is 15.8. The third-order valence-corrected chi connectivity index (χ3v) is 4.54. The van der Waals surface area contributed by atoms with Gasteiger partial charge in [-0.3, -0.25) is 0 Å². The van der Waals surface area contributed by atoms with E-state index in [0.29, 0.717) is 17.3 Å². The summed E-state index contributed by atoms with van der Waals surface area (Å²) in [4.78, 5) is 0.000970. The van der Waals surface area contributed by atoms with Crippen LogP contribution >= 0.6 is 11.6 Å². The molecule has 1 heterocycles. The number of nitrogens with zero attached hydrogens (tertiary/aromatic N) is 2. The van der Waals surface area contributed by atoms with Crippen molar-refractivity contribution in [2.75, 3.05) is 23.9 Å². The molecule has 21 heavy (non-hydrogen) atoms. The van der Waals surface area contributed by atoms with Gasteiger partial charge in [-0.15, -0.1) is 5.10 Å². The van der Waals surface area contributed by atoms with E-state index >= 15 is 0 Å². The lowest BCUT2D eigenvalue weighted by Gasteiger charge is -2.06. The van der Waals surface area contributed by atoms with Gasteiger partial charge in [0.25, 0.3) is 0 Å². The van der Waals surface area contributed by atoms with E-state index in [0.717, 1.165) is 11.8 Å². The number of nitrogens with two attached hydrogens (primary N) is 1. The van der Waals surface area contributed by atoms with E-state index in [-0.39, 0.29) is 16.5 Å². The number of hydrogen-bond acceptors (Lipinski definition) is 5. The van der Waals surface area contributed by atoms with Gasteiger partial charge in [-0.2, -0.15) is 0 Å². The third kappa shape index (κ3) is 2.98. The molecule has 6 nitrogen and oxygen atoms in total. The smallest absolute Gasteiger partial charge is 0.182 e. The van der Waals surface area contributed by atoms with E-state index in [1.165, 1.54) is 4.68 Å². The molecular formula is C13H17ClN4O2S. The van der Waals surface area contributed by atoms with Gasteiger partial charge in [-0.05, 0) is 31.5 Å². The van der Waals surface area contributed by atoms with Crippen molar-refractivity contribution in [3.63, 3.8) is 0 Å². The highest BCUT2D eigenvalue weighted by Gasteiger charge is 2.24. The van der Waals surface area contributed by atoms with Gasteiger partial charge in [-0.25, -0.2) is 13.1 Å². The van der Waals surface area contributed by atoms with Crippen LogP contribution in [0.15, 0.2) is 23.1 Å². The highest BCUT2D eigenvalue weighted by Crippen LogP contribution is 2.30. The fourth-order valence-electron chi connectivity index (χ4n) is 1.98. The van der Waals surface area contributed by atoms with Crippen LogP contribution in [0.2, 0.25) is 5.02 Å². The summed E-state index contributed by atoms with van der Waals surface area (Å²) < 4.78 is 25.2. The van der Waals surface area contributed by atoms with Gasteiger partial charge in [0, 0.05) is 17.8 Å². The molecule has 0 radical (unpaired) electrons. The van der Waals surface area contributed by atoms with Gasteiger partial charge in [0.05, 0.1) is 5.69 Å². The van der Waals surface area contributed by atoms with Crippen LogP contribution < -0.4 is 11.1 Å². The van der Waals surface area contributed by atoms with Crippen LogP contribution in [0.4, 0.5) is 11.6 Å². The van der Waals surface area contributed by atoms with Crippen LogP contribution in [0.25, 0.3) is 5.69 Å². The molecule has 0 saturated heterocycles. The van der Waals surface area contributed by atoms with Crippen LogP contribution in [-0.4, -0.2) is 31.0 Å². The Hall–Kier alpha value is -1.73. The summed E-state index contributed by atoms with van der Waals surface area (Å²) in [5, 5.41) is 7.73. The van der Waals surface area contributed by atoms with Crippen molar-refractivity contribution in [3.05, 3.63) is 28.8 Å². The Labute approximate surface area is 128 Å². The van der Waals surface area contributed by atoms with Crippen LogP contribution in [0.3, 0.4) is 0 Å². The SMILES string of the molecule is CCNc1nn(-c2ccc(C)c(Cl)c2)c(N)c1S(C)(=O)=O. The van der Waals surface area contributed by atoms with Gasteiger partial charge >= 0.3 is 0 Å². The standard InChI is InChI=1S/C13H17ClN4O2S/c1-4-16-13-11(21(3,19)20)12(15)18(17-13)9-6-5-8(2)10(14)7-9/h5-7H,4,15H2,1-3H3,(H,16,17). The van der Waals surface area contributed by atoms with Crippen molar-refractivity contribution in [3.8, 4) is 5.69 Å². The van der Waals surface area contributed by atoms with Crippen LogP contribution in [0.5, 0.6) is 0 Å². The predicted molar refractivity (Wildman–Crippen MR) is 85.0 cm³/mol. The molecule has 0 unspecified atom stereocenters. The fraction of sp³-hybridized carbons (Fsp3) is 0.308. The molecule has 114 valence electrons. The zero-order valence-corrected chi connectivity index (χ0v) is 13.6. The molecule has 0 spiro atoms.